The summed E-state index contributed by atoms with van der Waals surface area (Å²) in [5, 5.41) is 11.5. The molecule has 0 aliphatic heterocycles. The van der Waals surface area contributed by atoms with Crippen LogP contribution in [0.4, 0.5) is 0 Å². The van der Waals surface area contributed by atoms with Gasteiger partial charge in [0.2, 0.25) is 5.91 Å². The molecule has 0 fully saturated rings. The van der Waals surface area contributed by atoms with Crippen molar-refractivity contribution in [2.75, 3.05) is 6.61 Å². The van der Waals surface area contributed by atoms with Gasteiger partial charge < -0.3 is 14.8 Å². The first-order valence-corrected chi connectivity index (χ1v) is 6.75. The van der Waals surface area contributed by atoms with Gasteiger partial charge in [0.05, 0.1) is 6.26 Å². The molecule has 0 radical (unpaired) electrons. The molecule has 0 atom stereocenters. The van der Waals surface area contributed by atoms with Crippen LogP contribution < -0.4 is 5.32 Å². The number of carbonyl (C=O) groups is 1. The number of aliphatic hydroxyl groups is 1. The number of aryl methyl sites for hydroxylation is 1. The molecule has 4 nitrogen and oxygen atoms in total. The molecule has 4 heteroatoms. The number of furan rings is 1. The first-order valence-electron chi connectivity index (χ1n) is 6.75. The number of benzene rings is 1. The topological polar surface area (TPSA) is 62.5 Å². The van der Waals surface area contributed by atoms with E-state index in [-0.39, 0.29) is 12.5 Å². The maximum atomic E-state index is 11.8. The van der Waals surface area contributed by atoms with Gasteiger partial charge in [0.1, 0.15) is 12.4 Å². The highest BCUT2D eigenvalue weighted by atomic mass is 16.3. The number of aliphatic hydroxyl groups excluding tert-OH is 1. The number of amides is 1. The van der Waals surface area contributed by atoms with Crippen LogP contribution in [0.5, 0.6) is 0 Å². The van der Waals surface area contributed by atoms with Crippen molar-refractivity contribution < 1.29 is 14.3 Å². The van der Waals surface area contributed by atoms with Crippen molar-refractivity contribution in [2.45, 2.75) is 19.4 Å². The SMILES string of the molecule is O=C(CCc1ccco1)NCc1cccc(C#CCO)c1. The van der Waals surface area contributed by atoms with Crippen LogP contribution in [-0.4, -0.2) is 17.6 Å². The van der Waals surface area contributed by atoms with Gasteiger partial charge in [0.15, 0.2) is 0 Å². The third-order valence-electron chi connectivity index (χ3n) is 2.91. The van der Waals surface area contributed by atoms with Crippen LogP contribution in [-0.2, 0) is 17.8 Å². The molecular formula is C17H17NO3. The summed E-state index contributed by atoms with van der Waals surface area (Å²) >= 11 is 0. The number of rotatable bonds is 5. The first-order chi connectivity index (χ1) is 10.3. The zero-order valence-corrected chi connectivity index (χ0v) is 11.6. The molecular weight excluding hydrogens is 266 g/mol. The molecule has 0 spiro atoms. The second-order valence-electron chi connectivity index (χ2n) is 4.52. The Morgan fingerprint density at radius 2 is 2.19 bits per heavy atom. The standard InChI is InChI=1S/C17H17NO3/c19-10-2-6-14-4-1-5-15(12-14)13-18-17(20)9-8-16-7-3-11-21-16/h1,3-5,7,11-12,19H,8-10,13H2,(H,18,20). The van der Waals surface area contributed by atoms with E-state index in [2.05, 4.69) is 17.2 Å². The lowest BCUT2D eigenvalue weighted by Gasteiger charge is -2.05. The van der Waals surface area contributed by atoms with Crippen molar-refractivity contribution >= 4 is 5.91 Å². The lowest BCUT2D eigenvalue weighted by molar-refractivity contribution is -0.121. The summed E-state index contributed by atoms with van der Waals surface area (Å²) in [4.78, 5) is 11.8. The van der Waals surface area contributed by atoms with E-state index in [0.29, 0.717) is 19.4 Å². The fraction of sp³-hybridized carbons (Fsp3) is 0.235. The Bertz CT molecular complexity index is 636. The lowest BCUT2D eigenvalue weighted by atomic mass is 10.1. The van der Waals surface area contributed by atoms with Gasteiger partial charge in [0.25, 0.3) is 0 Å². The molecule has 0 aliphatic rings. The molecule has 1 heterocycles. The second-order valence-corrected chi connectivity index (χ2v) is 4.52. The Kier molecular flexibility index (Phi) is 5.62. The van der Waals surface area contributed by atoms with Crippen LogP contribution in [0.15, 0.2) is 47.1 Å². The van der Waals surface area contributed by atoms with E-state index in [0.717, 1.165) is 16.9 Å². The normalized spacial score (nSPS) is 9.76. The molecule has 0 unspecified atom stereocenters. The Morgan fingerprint density at radius 3 is 2.95 bits per heavy atom. The van der Waals surface area contributed by atoms with Crippen LogP contribution >= 0.6 is 0 Å². The highest BCUT2D eigenvalue weighted by Crippen LogP contribution is 2.05. The monoisotopic (exact) mass is 283 g/mol. The van der Waals surface area contributed by atoms with Gasteiger partial charge in [-0.15, -0.1) is 0 Å². The second kappa shape index (κ2) is 7.93. The van der Waals surface area contributed by atoms with Gasteiger partial charge in [-0.2, -0.15) is 0 Å². The van der Waals surface area contributed by atoms with Crippen LogP contribution in [0.3, 0.4) is 0 Å². The Labute approximate surface area is 123 Å². The predicted octanol–water partition coefficient (Wildman–Crippen LogP) is 1.87. The Balaban J connectivity index is 1.80. The molecule has 2 aromatic rings. The third kappa shape index (κ3) is 5.17. The number of hydrogen-bond acceptors (Lipinski definition) is 3. The van der Waals surface area contributed by atoms with Gasteiger partial charge in [-0.25, -0.2) is 0 Å². The molecule has 21 heavy (non-hydrogen) atoms. The van der Waals surface area contributed by atoms with E-state index >= 15 is 0 Å². The fourth-order valence-corrected chi connectivity index (χ4v) is 1.88. The van der Waals surface area contributed by atoms with E-state index in [1.807, 2.05) is 36.4 Å². The van der Waals surface area contributed by atoms with E-state index in [9.17, 15) is 4.79 Å². The first kappa shape index (κ1) is 14.9. The number of hydrogen-bond donors (Lipinski definition) is 2. The van der Waals surface area contributed by atoms with Crippen molar-refractivity contribution in [3.05, 3.63) is 59.5 Å². The molecule has 108 valence electrons. The third-order valence-corrected chi connectivity index (χ3v) is 2.91. The summed E-state index contributed by atoms with van der Waals surface area (Å²) in [5.74, 6) is 6.24. The molecule has 0 saturated carbocycles. The largest absolute Gasteiger partial charge is 0.469 e. The average Bonchev–Trinajstić information content (AvgIpc) is 3.03. The summed E-state index contributed by atoms with van der Waals surface area (Å²) in [7, 11) is 0. The minimum atomic E-state index is -0.159. The summed E-state index contributed by atoms with van der Waals surface area (Å²) in [6.45, 7) is 0.305. The van der Waals surface area contributed by atoms with Crippen molar-refractivity contribution in [3.8, 4) is 11.8 Å². The highest BCUT2D eigenvalue weighted by molar-refractivity contribution is 5.76. The van der Waals surface area contributed by atoms with Gasteiger partial charge >= 0.3 is 0 Å². The quantitative estimate of drug-likeness (QED) is 0.823. The van der Waals surface area contributed by atoms with E-state index in [1.165, 1.54) is 0 Å². The maximum absolute atomic E-state index is 11.8. The molecule has 1 aromatic heterocycles. The Hall–Kier alpha value is -2.51. The van der Waals surface area contributed by atoms with Crippen LogP contribution in [0.2, 0.25) is 0 Å². The molecule has 1 amide bonds. The Morgan fingerprint density at radius 1 is 1.29 bits per heavy atom. The van der Waals surface area contributed by atoms with Gasteiger partial charge in [-0.3, -0.25) is 4.79 Å². The van der Waals surface area contributed by atoms with Gasteiger partial charge in [-0.05, 0) is 29.8 Å². The summed E-state index contributed by atoms with van der Waals surface area (Å²) in [6, 6.07) is 11.2. The predicted molar refractivity (Wildman–Crippen MR) is 79.3 cm³/mol. The fourth-order valence-electron chi connectivity index (χ4n) is 1.88. The van der Waals surface area contributed by atoms with Gasteiger partial charge in [-0.1, -0.05) is 24.0 Å². The molecule has 2 rings (SSSR count). The van der Waals surface area contributed by atoms with Crippen molar-refractivity contribution in [1.29, 1.82) is 0 Å². The summed E-state index contributed by atoms with van der Waals surface area (Å²) < 4.78 is 5.18. The van der Waals surface area contributed by atoms with Crippen LogP contribution in [0.25, 0.3) is 0 Å². The lowest BCUT2D eigenvalue weighted by Crippen LogP contribution is -2.22. The number of nitrogens with one attached hydrogen (secondary N) is 1. The average molecular weight is 283 g/mol. The molecule has 1 aromatic carbocycles. The zero-order valence-electron chi connectivity index (χ0n) is 11.6. The molecule has 0 aliphatic carbocycles. The van der Waals surface area contributed by atoms with Gasteiger partial charge in [0, 0.05) is 24.9 Å². The van der Waals surface area contributed by atoms with E-state index in [1.54, 1.807) is 6.26 Å². The van der Waals surface area contributed by atoms with Crippen LogP contribution in [0, 0.1) is 11.8 Å². The van der Waals surface area contributed by atoms with Crippen LogP contribution in [0.1, 0.15) is 23.3 Å². The van der Waals surface area contributed by atoms with E-state index in [4.69, 9.17) is 9.52 Å². The molecule has 0 bridgehead atoms. The van der Waals surface area contributed by atoms with E-state index < -0.39 is 0 Å². The smallest absolute Gasteiger partial charge is 0.220 e. The van der Waals surface area contributed by atoms with Crippen molar-refractivity contribution in [2.24, 2.45) is 0 Å². The minimum absolute atomic E-state index is 0.0155. The zero-order chi connectivity index (χ0) is 14.9. The van der Waals surface area contributed by atoms with Crippen molar-refractivity contribution in [1.82, 2.24) is 5.32 Å². The number of carbonyl (C=O) groups excluding carboxylic acids is 1. The summed E-state index contributed by atoms with van der Waals surface area (Å²) in [6.07, 6.45) is 2.60. The highest BCUT2D eigenvalue weighted by Gasteiger charge is 2.04. The summed E-state index contributed by atoms with van der Waals surface area (Å²) in [5.41, 5.74) is 1.80. The molecule has 2 N–H and O–H groups in total. The molecule has 0 saturated heterocycles. The van der Waals surface area contributed by atoms with Crippen molar-refractivity contribution in [3.63, 3.8) is 0 Å². The minimum Gasteiger partial charge on any atom is -0.469 e. The maximum Gasteiger partial charge on any atom is 0.220 e.